The second-order valence-corrected chi connectivity index (χ2v) is 9.13. The molecule has 7 nitrogen and oxygen atoms in total. The monoisotopic (exact) mass is 421 g/mol. The van der Waals surface area contributed by atoms with Crippen molar-refractivity contribution in [2.24, 2.45) is 5.92 Å². The van der Waals surface area contributed by atoms with E-state index in [1.54, 1.807) is 36.4 Å². The highest BCUT2D eigenvalue weighted by molar-refractivity contribution is 7.89. The number of ether oxygens (including phenoxy) is 3. The van der Waals surface area contributed by atoms with Gasteiger partial charge in [-0.15, -0.1) is 0 Å². The van der Waals surface area contributed by atoms with E-state index >= 15 is 0 Å². The fraction of sp³-hybridized carbons (Fsp3) is 0.381. The molecule has 0 atom stereocenters. The van der Waals surface area contributed by atoms with E-state index in [4.69, 9.17) is 14.2 Å². The van der Waals surface area contributed by atoms with Gasteiger partial charge in [0, 0.05) is 14.1 Å². The van der Waals surface area contributed by atoms with Crippen molar-refractivity contribution in [2.45, 2.75) is 18.7 Å². The van der Waals surface area contributed by atoms with E-state index in [9.17, 15) is 13.2 Å². The topological polar surface area (TPSA) is 82.1 Å². The summed E-state index contributed by atoms with van der Waals surface area (Å²) in [6, 6.07) is 12.9. The molecular weight excluding hydrogens is 394 g/mol. The highest BCUT2D eigenvalue weighted by Crippen LogP contribution is 2.18. The molecule has 0 aliphatic rings. The maximum Gasteiger partial charge on any atom is 0.338 e. The number of benzene rings is 2. The van der Waals surface area contributed by atoms with E-state index in [1.165, 1.54) is 26.2 Å². The van der Waals surface area contributed by atoms with Crippen molar-refractivity contribution in [1.82, 2.24) is 4.31 Å². The molecule has 8 heteroatoms. The standard InChI is InChI=1S/C21H27NO6S/c1-16(2)15-28-19-7-5-6-17(14-19)21(23)27-13-12-26-18-8-10-20(11-9-18)29(24,25)22(3)4/h5-11,14,16H,12-13,15H2,1-4H3. The van der Waals surface area contributed by atoms with Gasteiger partial charge in [0.15, 0.2) is 0 Å². The van der Waals surface area contributed by atoms with E-state index < -0.39 is 16.0 Å². The van der Waals surface area contributed by atoms with Crippen molar-refractivity contribution >= 4 is 16.0 Å². The van der Waals surface area contributed by atoms with Crippen molar-refractivity contribution in [3.05, 3.63) is 54.1 Å². The summed E-state index contributed by atoms with van der Waals surface area (Å²) < 4.78 is 41.5. The molecule has 0 heterocycles. The van der Waals surface area contributed by atoms with Gasteiger partial charge in [0.2, 0.25) is 10.0 Å². The maximum atomic E-state index is 12.2. The Balaban J connectivity index is 1.82. The lowest BCUT2D eigenvalue weighted by Crippen LogP contribution is -2.22. The molecule has 0 saturated heterocycles. The van der Waals surface area contributed by atoms with Gasteiger partial charge in [0.1, 0.15) is 24.7 Å². The normalized spacial score (nSPS) is 11.5. The number of rotatable bonds is 10. The second-order valence-electron chi connectivity index (χ2n) is 6.98. The van der Waals surface area contributed by atoms with Crippen molar-refractivity contribution in [3.8, 4) is 11.5 Å². The number of nitrogens with zero attached hydrogens (tertiary/aromatic N) is 1. The number of hydrogen-bond donors (Lipinski definition) is 0. The molecule has 0 unspecified atom stereocenters. The van der Waals surface area contributed by atoms with Gasteiger partial charge in [-0.1, -0.05) is 19.9 Å². The Morgan fingerprint density at radius 1 is 0.966 bits per heavy atom. The molecule has 0 aliphatic heterocycles. The van der Waals surface area contributed by atoms with Crippen molar-refractivity contribution < 1.29 is 27.4 Å². The molecule has 0 spiro atoms. The van der Waals surface area contributed by atoms with E-state index in [0.717, 1.165) is 4.31 Å². The van der Waals surface area contributed by atoms with Crippen LogP contribution in [0.15, 0.2) is 53.4 Å². The molecule has 0 aliphatic carbocycles. The number of carbonyl (C=O) groups is 1. The van der Waals surface area contributed by atoms with Crippen LogP contribution >= 0.6 is 0 Å². The van der Waals surface area contributed by atoms with Crippen LogP contribution < -0.4 is 9.47 Å². The maximum absolute atomic E-state index is 12.2. The zero-order valence-electron chi connectivity index (χ0n) is 17.1. The first-order valence-electron chi connectivity index (χ1n) is 9.25. The van der Waals surface area contributed by atoms with E-state index in [-0.39, 0.29) is 18.1 Å². The molecule has 158 valence electrons. The molecule has 0 aromatic heterocycles. The zero-order chi connectivity index (χ0) is 21.4. The highest BCUT2D eigenvalue weighted by Gasteiger charge is 2.16. The molecule has 0 radical (unpaired) electrons. The molecule has 29 heavy (non-hydrogen) atoms. The second kappa shape index (κ2) is 10.3. The Labute approximate surface area is 172 Å². The van der Waals surface area contributed by atoms with Crippen LogP contribution in [0.2, 0.25) is 0 Å². The van der Waals surface area contributed by atoms with Crippen LogP contribution in [-0.2, 0) is 14.8 Å². The third kappa shape index (κ3) is 6.76. The predicted molar refractivity (Wildman–Crippen MR) is 110 cm³/mol. The highest BCUT2D eigenvalue weighted by atomic mass is 32.2. The fourth-order valence-electron chi connectivity index (χ4n) is 2.27. The Morgan fingerprint density at radius 3 is 2.28 bits per heavy atom. The molecule has 2 aromatic carbocycles. The first-order valence-corrected chi connectivity index (χ1v) is 10.7. The lowest BCUT2D eigenvalue weighted by molar-refractivity contribution is 0.0450. The van der Waals surface area contributed by atoms with Crippen LogP contribution in [0.3, 0.4) is 0 Å². The van der Waals surface area contributed by atoms with Crippen molar-refractivity contribution in [3.63, 3.8) is 0 Å². The Morgan fingerprint density at radius 2 is 1.66 bits per heavy atom. The van der Waals surface area contributed by atoms with Gasteiger partial charge in [-0.05, 0) is 48.4 Å². The first kappa shape index (κ1) is 22.7. The van der Waals surface area contributed by atoms with Crippen LogP contribution in [0.25, 0.3) is 0 Å². The summed E-state index contributed by atoms with van der Waals surface area (Å²) >= 11 is 0. The summed E-state index contributed by atoms with van der Waals surface area (Å²) in [6.45, 7) is 4.88. The van der Waals surface area contributed by atoms with E-state index in [1.807, 2.05) is 13.8 Å². The van der Waals surface area contributed by atoms with Gasteiger partial charge < -0.3 is 14.2 Å². The van der Waals surface area contributed by atoms with Gasteiger partial charge in [0.05, 0.1) is 17.1 Å². The van der Waals surface area contributed by atoms with Crippen LogP contribution in [0.4, 0.5) is 0 Å². The van der Waals surface area contributed by atoms with Gasteiger partial charge in [-0.25, -0.2) is 17.5 Å². The Bertz CT molecular complexity index is 907. The zero-order valence-corrected chi connectivity index (χ0v) is 17.9. The third-order valence-corrected chi connectivity index (χ3v) is 5.67. The van der Waals surface area contributed by atoms with Crippen LogP contribution in [0.1, 0.15) is 24.2 Å². The minimum atomic E-state index is -3.48. The predicted octanol–water partition coefficient (Wildman–Crippen LogP) is 3.21. The van der Waals surface area contributed by atoms with Gasteiger partial charge >= 0.3 is 5.97 Å². The Kier molecular flexibility index (Phi) is 8.04. The van der Waals surface area contributed by atoms with Crippen LogP contribution in [0.5, 0.6) is 11.5 Å². The summed E-state index contributed by atoms with van der Waals surface area (Å²) in [7, 11) is -0.530. The largest absolute Gasteiger partial charge is 0.493 e. The minimum Gasteiger partial charge on any atom is -0.493 e. The molecule has 0 amide bonds. The molecular formula is C21H27NO6S. The average molecular weight is 422 g/mol. The molecule has 0 N–H and O–H groups in total. The molecule has 0 fully saturated rings. The minimum absolute atomic E-state index is 0.0632. The summed E-state index contributed by atoms with van der Waals surface area (Å²) in [5.41, 5.74) is 0.407. The molecule has 2 rings (SSSR count). The fourth-order valence-corrected chi connectivity index (χ4v) is 3.17. The molecule has 0 saturated carbocycles. The van der Waals surface area contributed by atoms with Gasteiger partial charge in [-0.2, -0.15) is 0 Å². The van der Waals surface area contributed by atoms with E-state index in [2.05, 4.69) is 0 Å². The van der Waals surface area contributed by atoms with E-state index in [0.29, 0.717) is 29.6 Å². The summed E-state index contributed by atoms with van der Waals surface area (Å²) in [5, 5.41) is 0. The molecule has 2 aromatic rings. The Hall–Kier alpha value is -2.58. The van der Waals surface area contributed by atoms with Crippen LogP contribution in [0, 0.1) is 5.92 Å². The molecule has 0 bridgehead atoms. The number of carbonyl (C=O) groups excluding carboxylic acids is 1. The number of hydrogen-bond acceptors (Lipinski definition) is 6. The lowest BCUT2D eigenvalue weighted by atomic mass is 10.2. The summed E-state index contributed by atoms with van der Waals surface area (Å²) in [6.07, 6.45) is 0. The SMILES string of the molecule is CC(C)COc1cccc(C(=O)OCCOc2ccc(S(=O)(=O)N(C)C)cc2)c1. The van der Waals surface area contributed by atoms with Crippen LogP contribution in [-0.4, -0.2) is 52.6 Å². The van der Waals surface area contributed by atoms with Gasteiger partial charge in [-0.3, -0.25) is 0 Å². The number of esters is 1. The smallest absolute Gasteiger partial charge is 0.338 e. The average Bonchev–Trinajstić information content (AvgIpc) is 2.70. The van der Waals surface area contributed by atoms with Crippen molar-refractivity contribution in [1.29, 1.82) is 0 Å². The third-order valence-electron chi connectivity index (χ3n) is 3.84. The van der Waals surface area contributed by atoms with Crippen molar-refractivity contribution in [2.75, 3.05) is 33.9 Å². The lowest BCUT2D eigenvalue weighted by Gasteiger charge is -2.12. The summed E-state index contributed by atoms with van der Waals surface area (Å²) in [5.74, 6) is 1.04. The number of sulfonamides is 1. The summed E-state index contributed by atoms with van der Waals surface area (Å²) in [4.78, 5) is 12.3. The first-order chi connectivity index (χ1) is 13.7. The quantitative estimate of drug-likeness (QED) is 0.433. The van der Waals surface area contributed by atoms with Gasteiger partial charge in [0.25, 0.3) is 0 Å².